The van der Waals surface area contributed by atoms with Gasteiger partial charge in [-0.15, -0.1) is 0 Å². The molecule has 1 atom stereocenters. The fraction of sp³-hybridized carbons (Fsp3) is 0.571. The molecular weight excluding hydrogens is 396 g/mol. The number of likely N-dealkylation sites (N-methyl/N-ethyl adjacent to an activating group) is 1. The van der Waals surface area contributed by atoms with E-state index in [1.165, 1.54) is 31.1 Å². The van der Waals surface area contributed by atoms with Crippen molar-refractivity contribution in [1.82, 2.24) is 4.90 Å². The Balaban J connectivity index is 2.14. The highest BCUT2D eigenvalue weighted by atomic mass is 35.5. The molecule has 0 unspecified atom stereocenters. The number of carbonyl (C=O) groups excluding carboxylic acids is 2. The van der Waals surface area contributed by atoms with Crippen LogP contribution >= 0.6 is 11.6 Å². The Morgan fingerprint density at radius 3 is 2.52 bits per heavy atom. The lowest BCUT2D eigenvalue weighted by Crippen LogP contribution is -2.53. The third kappa shape index (κ3) is 4.94. The molecule has 158 valence electrons. The van der Waals surface area contributed by atoms with Crippen molar-refractivity contribution in [2.45, 2.75) is 57.6 Å². The van der Waals surface area contributed by atoms with E-state index in [1.807, 2.05) is 6.92 Å². The first kappa shape index (κ1) is 22.8. The van der Waals surface area contributed by atoms with Crippen LogP contribution in [-0.4, -0.2) is 49.2 Å². The number of nitriles is 1. The van der Waals surface area contributed by atoms with Crippen LogP contribution in [0.1, 0.15) is 56.3 Å². The minimum atomic E-state index is -1.05. The van der Waals surface area contributed by atoms with Gasteiger partial charge in [-0.3, -0.25) is 4.79 Å². The number of amides is 1. The van der Waals surface area contributed by atoms with E-state index in [0.29, 0.717) is 30.9 Å². The van der Waals surface area contributed by atoms with Crippen molar-refractivity contribution in [2.24, 2.45) is 0 Å². The molecule has 1 aromatic rings. The molecule has 0 spiro atoms. The molecule has 1 amide bonds. The van der Waals surface area contributed by atoms with Gasteiger partial charge in [0, 0.05) is 7.05 Å². The van der Waals surface area contributed by atoms with E-state index < -0.39 is 23.5 Å². The number of halogens is 1. The lowest BCUT2D eigenvalue weighted by atomic mass is 9.81. The number of methoxy groups -OCH3 is 1. The maximum Gasteiger partial charge on any atom is 0.339 e. The van der Waals surface area contributed by atoms with Crippen molar-refractivity contribution in [1.29, 1.82) is 5.26 Å². The van der Waals surface area contributed by atoms with E-state index in [1.54, 1.807) is 7.05 Å². The van der Waals surface area contributed by atoms with Gasteiger partial charge >= 0.3 is 5.97 Å². The predicted molar refractivity (Wildman–Crippen MR) is 108 cm³/mol. The van der Waals surface area contributed by atoms with Gasteiger partial charge in [0.25, 0.3) is 5.91 Å². The lowest BCUT2D eigenvalue weighted by molar-refractivity contribution is -0.143. The number of benzene rings is 1. The number of ether oxygens (including phenoxy) is 3. The quantitative estimate of drug-likeness (QED) is 0.617. The average molecular weight is 423 g/mol. The summed E-state index contributed by atoms with van der Waals surface area (Å²) in [6.07, 6.45) is 3.04. The van der Waals surface area contributed by atoms with Crippen molar-refractivity contribution < 1.29 is 23.8 Å². The third-order valence-corrected chi connectivity index (χ3v) is 5.53. The van der Waals surface area contributed by atoms with Gasteiger partial charge in [0.2, 0.25) is 0 Å². The van der Waals surface area contributed by atoms with E-state index in [-0.39, 0.29) is 10.6 Å². The Morgan fingerprint density at radius 1 is 1.31 bits per heavy atom. The molecule has 0 aliphatic heterocycles. The van der Waals surface area contributed by atoms with Crippen LogP contribution in [0.25, 0.3) is 0 Å². The molecule has 0 saturated heterocycles. The maximum absolute atomic E-state index is 12.8. The van der Waals surface area contributed by atoms with E-state index in [2.05, 4.69) is 6.07 Å². The van der Waals surface area contributed by atoms with Crippen LogP contribution in [0.15, 0.2) is 12.1 Å². The van der Waals surface area contributed by atoms with Crippen molar-refractivity contribution in [3.05, 3.63) is 22.7 Å². The summed E-state index contributed by atoms with van der Waals surface area (Å²) in [4.78, 5) is 26.8. The van der Waals surface area contributed by atoms with E-state index in [0.717, 1.165) is 19.3 Å². The second kappa shape index (κ2) is 9.84. The number of carbonyl (C=O) groups is 2. The number of rotatable bonds is 7. The molecule has 1 fully saturated rings. The van der Waals surface area contributed by atoms with Crippen molar-refractivity contribution >= 4 is 23.5 Å². The first-order chi connectivity index (χ1) is 13.8. The van der Waals surface area contributed by atoms with E-state index in [4.69, 9.17) is 25.8 Å². The molecule has 7 nitrogen and oxygen atoms in total. The first-order valence-corrected chi connectivity index (χ1v) is 10.1. The Hall–Kier alpha value is -2.46. The number of hydrogen-bond donors (Lipinski definition) is 0. The molecule has 0 heterocycles. The van der Waals surface area contributed by atoms with Crippen molar-refractivity contribution in [2.75, 3.05) is 20.8 Å². The van der Waals surface area contributed by atoms with E-state index >= 15 is 0 Å². The summed E-state index contributed by atoms with van der Waals surface area (Å²) >= 11 is 6.20. The summed E-state index contributed by atoms with van der Waals surface area (Å²) in [6.45, 7) is 3.69. The van der Waals surface area contributed by atoms with Crippen LogP contribution in [0, 0.1) is 11.3 Å². The van der Waals surface area contributed by atoms with Gasteiger partial charge < -0.3 is 19.1 Å². The van der Waals surface area contributed by atoms with Gasteiger partial charge in [-0.25, -0.2) is 4.79 Å². The summed E-state index contributed by atoms with van der Waals surface area (Å²) in [6, 6.07) is 5.16. The van der Waals surface area contributed by atoms with Crippen molar-refractivity contribution in [3.63, 3.8) is 0 Å². The Labute approximate surface area is 176 Å². The first-order valence-electron chi connectivity index (χ1n) is 9.70. The highest BCUT2D eigenvalue weighted by molar-refractivity contribution is 6.32. The normalized spacial score (nSPS) is 16.3. The van der Waals surface area contributed by atoms with Gasteiger partial charge in [0.15, 0.2) is 17.6 Å². The molecule has 1 aliphatic carbocycles. The fourth-order valence-electron chi connectivity index (χ4n) is 3.54. The summed E-state index contributed by atoms with van der Waals surface area (Å²) in [5.74, 6) is -0.485. The Morgan fingerprint density at radius 2 is 1.97 bits per heavy atom. The zero-order valence-electron chi connectivity index (χ0n) is 17.3. The van der Waals surface area contributed by atoms with Gasteiger partial charge in [0.1, 0.15) is 5.54 Å². The lowest BCUT2D eigenvalue weighted by Gasteiger charge is -2.39. The second-order valence-electron chi connectivity index (χ2n) is 7.07. The monoisotopic (exact) mass is 422 g/mol. The van der Waals surface area contributed by atoms with Crippen LogP contribution in [-0.2, 0) is 9.53 Å². The van der Waals surface area contributed by atoms with Gasteiger partial charge in [0.05, 0.1) is 30.4 Å². The van der Waals surface area contributed by atoms with E-state index in [9.17, 15) is 14.9 Å². The Kier molecular flexibility index (Phi) is 7.74. The second-order valence-corrected chi connectivity index (χ2v) is 7.48. The standard InChI is InChI=1S/C21H27ClN2O5/c1-5-28-18-16(22)11-15(12-17(18)27-4)20(26)29-14(2)19(25)24(3)21(13-23)9-7-6-8-10-21/h11-12,14H,5-10H2,1-4H3/t14-/m0/s1. The zero-order chi connectivity index (χ0) is 21.6. The number of nitrogens with zero attached hydrogens (tertiary/aromatic N) is 2. The Bertz CT molecular complexity index is 799. The molecule has 0 radical (unpaired) electrons. The smallest absolute Gasteiger partial charge is 0.339 e. The summed E-state index contributed by atoms with van der Waals surface area (Å²) in [5.41, 5.74) is -0.702. The number of esters is 1. The molecule has 0 N–H and O–H groups in total. The largest absolute Gasteiger partial charge is 0.493 e. The highest BCUT2D eigenvalue weighted by Crippen LogP contribution is 2.37. The highest BCUT2D eigenvalue weighted by Gasteiger charge is 2.40. The summed E-state index contributed by atoms with van der Waals surface area (Å²) < 4.78 is 16.0. The van der Waals surface area contributed by atoms with Gasteiger partial charge in [-0.2, -0.15) is 5.26 Å². The topological polar surface area (TPSA) is 88.9 Å². The fourth-order valence-corrected chi connectivity index (χ4v) is 3.81. The molecule has 0 bridgehead atoms. The van der Waals surface area contributed by atoms with Crippen LogP contribution in [0.3, 0.4) is 0 Å². The molecular formula is C21H27ClN2O5. The SMILES string of the molecule is CCOc1c(Cl)cc(C(=O)O[C@@H](C)C(=O)N(C)C2(C#N)CCCCC2)cc1OC. The molecule has 2 rings (SSSR count). The van der Waals surface area contributed by atoms with Crippen LogP contribution < -0.4 is 9.47 Å². The van der Waals surface area contributed by atoms with Crippen molar-refractivity contribution in [3.8, 4) is 17.6 Å². The summed E-state index contributed by atoms with van der Waals surface area (Å²) in [7, 11) is 3.04. The average Bonchev–Trinajstić information content (AvgIpc) is 2.74. The van der Waals surface area contributed by atoms with Crippen LogP contribution in [0.5, 0.6) is 11.5 Å². The molecule has 0 aromatic heterocycles. The predicted octanol–water partition coefficient (Wildman–Crippen LogP) is 3.98. The minimum absolute atomic E-state index is 0.144. The van der Waals surface area contributed by atoms with Gasteiger partial charge in [-0.05, 0) is 38.8 Å². The zero-order valence-corrected chi connectivity index (χ0v) is 18.0. The molecule has 1 aromatic carbocycles. The van der Waals surface area contributed by atoms with Crippen LogP contribution in [0.2, 0.25) is 5.02 Å². The molecule has 1 saturated carbocycles. The van der Waals surface area contributed by atoms with Gasteiger partial charge in [-0.1, -0.05) is 30.9 Å². The molecule has 8 heteroatoms. The molecule has 29 heavy (non-hydrogen) atoms. The number of hydrogen-bond acceptors (Lipinski definition) is 6. The summed E-state index contributed by atoms with van der Waals surface area (Å²) in [5, 5.41) is 9.88. The third-order valence-electron chi connectivity index (χ3n) is 5.25. The minimum Gasteiger partial charge on any atom is -0.493 e. The maximum atomic E-state index is 12.8. The molecule has 1 aliphatic rings. The van der Waals surface area contributed by atoms with Crippen LogP contribution in [0.4, 0.5) is 0 Å².